The highest BCUT2D eigenvalue weighted by Crippen LogP contribution is 2.24. The first-order chi connectivity index (χ1) is 11.7. The van der Waals surface area contributed by atoms with Crippen molar-refractivity contribution in [3.05, 3.63) is 59.8 Å². The minimum atomic E-state index is -0.158. The van der Waals surface area contributed by atoms with E-state index in [-0.39, 0.29) is 5.91 Å². The number of benzene rings is 2. The van der Waals surface area contributed by atoms with Gasteiger partial charge in [-0.15, -0.1) is 0 Å². The van der Waals surface area contributed by atoms with Gasteiger partial charge in [-0.1, -0.05) is 18.2 Å². The number of aromatic amines is 1. The van der Waals surface area contributed by atoms with E-state index in [0.29, 0.717) is 23.6 Å². The first-order valence-corrected chi connectivity index (χ1v) is 7.78. The van der Waals surface area contributed by atoms with Gasteiger partial charge in [-0.3, -0.25) is 4.79 Å². The van der Waals surface area contributed by atoms with E-state index in [2.05, 4.69) is 16.4 Å². The number of H-pyrrole nitrogens is 1. The fourth-order valence-corrected chi connectivity index (χ4v) is 2.73. The number of ether oxygens (including phenoxy) is 2. The van der Waals surface area contributed by atoms with Crippen LogP contribution in [0.15, 0.2) is 48.7 Å². The Labute approximate surface area is 140 Å². The van der Waals surface area contributed by atoms with Crippen molar-refractivity contribution in [2.45, 2.75) is 6.42 Å². The molecule has 0 atom stereocenters. The molecule has 0 radical (unpaired) electrons. The zero-order chi connectivity index (χ0) is 16.9. The van der Waals surface area contributed by atoms with E-state index in [4.69, 9.17) is 9.47 Å². The number of rotatable bonds is 6. The Morgan fingerprint density at radius 2 is 1.96 bits per heavy atom. The van der Waals surface area contributed by atoms with Gasteiger partial charge in [0.25, 0.3) is 5.91 Å². The third kappa shape index (κ3) is 3.20. The van der Waals surface area contributed by atoms with E-state index in [1.807, 2.05) is 24.4 Å². The van der Waals surface area contributed by atoms with Crippen LogP contribution < -0.4 is 14.8 Å². The van der Waals surface area contributed by atoms with Crippen LogP contribution in [0, 0.1) is 0 Å². The molecule has 0 fully saturated rings. The van der Waals surface area contributed by atoms with Crippen molar-refractivity contribution in [2.24, 2.45) is 0 Å². The second-order valence-corrected chi connectivity index (χ2v) is 5.43. The molecule has 0 spiro atoms. The molecule has 1 aromatic heterocycles. The highest BCUT2D eigenvalue weighted by molar-refractivity contribution is 5.97. The van der Waals surface area contributed by atoms with Crippen molar-refractivity contribution >= 4 is 16.8 Å². The second kappa shape index (κ2) is 7.08. The van der Waals surface area contributed by atoms with E-state index in [9.17, 15) is 4.79 Å². The minimum Gasteiger partial charge on any atom is -0.497 e. The fraction of sp³-hybridized carbons (Fsp3) is 0.211. The number of nitrogens with one attached hydrogen (secondary N) is 2. The van der Waals surface area contributed by atoms with Crippen molar-refractivity contribution in [1.82, 2.24) is 10.3 Å². The Morgan fingerprint density at radius 1 is 1.12 bits per heavy atom. The van der Waals surface area contributed by atoms with Crippen molar-refractivity contribution < 1.29 is 14.3 Å². The molecule has 5 heteroatoms. The maximum Gasteiger partial charge on any atom is 0.255 e. The maximum absolute atomic E-state index is 12.4. The summed E-state index contributed by atoms with van der Waals surface area (Å²) >= 11 is 0. The Morgan fingerprint density at radius 3 is 2.75 bits per heavy atom. The quantitative estimate of drug-likeness (QED) is 0.732. The molecular weight excluding hydrogens is 304 g/mol. The van der Waals surface area contributed by atoms with Crippen LogP contribution in [-0.2, 0) is 6.42 Å². The number of carbonyl (C=O) groups excluding carboxylic acids is 1. The van der Waals surface area contributed by atoms with Gasteiger partial charge >= 0.3 is 0 Å². The summed E-state index contributed by atoms with van der Waals surface area (Å²) in [5, 5.41) is 4.13. The van der Waals surface area contributed by atoms with Gasteiger partial charge in [-0.25, -0.2) is 0 Å². The molecule has 0 aliphatic carbocycles. The number of hydrogen-bond donors (Lipinski definition) is 2. The van der Waals surface area contributed by atoms with Gasteiger partial charge < -0.3 is 19.8 Å². The SMILES string of the molecule is COc1ccc(C(=O)NCCc2c[nH]c3ccccc23)c(OC)c1. The Kier molecular flexibility index (Phi) is 4.70. The van der Waals surface area contributed by atoms with Crippen LogP contribution in [0.5, 0.6) is 11.5 Å². The van der Waals surface area contributed by atoms with E-state index < -0.39 is 0 Å². The number of para-hydroxylation sites is 1. The summed E-state index contributed by atoms with van der Waals surface area (Å²) in [6.07, 6.45) is 2.75. The summed E-state index contributed by atoms with van der Waals surface area (Å²) in [5.41, 5.74) is 2.79. The normalized spacial score (nSPS) is 10.6. The Balaban J connectivity index is 1.65. The van der Waals surface area contributed by atoms with Gasteiger partial charge in [-0.2, -0.15) is 0 Å². The number of aromatic nitrogens is 1. The van der Waals surface area contributed by atoms with Crippen LogP contribution in [0.4, 0.5) is 0 Å². The molecule has 0 aliphatic heterocycles. The van der Waals surface area contributed by atoms with Gasteiger partial charge in [-0.05, 0) is 30.2 Å². The predicted molar refractivity (Wildman–Crippen MR) is 93.9 cm³/mol. The van der Waals surface area contributed by atoms with Gasteiger partial charge in [0, 0.05) is 29.7 Å². The largest absolute Gasteiger partial charge is 0.497 e. The van der Waals surface area contributed by atoms with Gasteiger partial charge in [0.2, 0.25) is 0 Å². The van der Waals surface area contributed by atoms with Crippen LogP contribution in [0.1, 0.15) is 15.9 Å². The van der Waals surface area contributed by atoms with Gasteiger partial charge in [0.05, 0.1) is 19.8 Å². The molecule has 0 unspecified atom stereocenters. The van der Waals surface area contributed by atoms with Crippen LogP contribution in [-0.4, -0.2) is 31.7 Å². The highest BCUT2D eigenvalue weighted by Gasteiger charge is 2.13. The minimum absolute atomic E-state index is 0.158. The zero-order valence-electron chi connectivity index (χ0n) is 13.8. The van der Waals surface area contributed by atoms with E-state index >= 15 is 0 Å². The molecule has 24 heavy (non-hydrogen) atoms. The molecule has 2 N–H and O–H groups in total. The summed E-state index contributed by atoms with van der Waals surface area (Å²) in [5.74, 6) is 0.996. The molecule has 0 bridgehead atoms. The molecule has 1 amide bonds. The number of fused-ring (bicyclic) bond motifs is 1. The summed E-state index contributed by atoms with van der Waals surface area (Å²) in [7, 11) is 3.12. The van der Waals surface area contributed by atoms with E-state index in [1.165, 1.54) is 18.1 Å². The second-order valence-electron chi connectivity index (χ2n) is 5.43. The smallest absolute Gasteiger partial charge is 0.255 e. The zero-order valence-corrected chi connectivity index (χ0v) is 13.8. The molecule has 3 rings (SSSR count). The number of methoxy groups -OCH3 is 2. The van der Waals surface area contributed by atoms with Crippen LogP contribution in [0.3, 0.4) is 0 Å². The first-order valence-electron chi connectivity index (χ1n) is 7.78. The van der Waals surface area contributed by atoms with Crippen LogP contribution >= 0.6 is 0 Å². The lowest BCUT2D eigenvalue weighted by Gasteiger charge is -2.10. The van der Waals surface area contributed by atoms with Gasteiger partial charge in [0.1, 0.15) is 11.5 Å². The average molecular weight is 324 g/mol. The summed E-state index contributed by atoms with van der Waals surface area (Å²) in [6, 6.07) is 13.3. The molecule has 1 heterocycles. The topological polar surface area (TPSA) is 63.3 Å². The lowest BCUT2D eigenvalue weighted by Crippen LogP contribution is -2.26. The van der Waals surface area contributed by atoms with Crippen molar-refractivity contribution in [2.75, 3.05) is 20.8 Å². The predicted octanol–water partition coefficient (Wildman–Crippen LogP) is 3.16. The van der Waals surface area contributed by atoms with Crippen LogP contribution in [0.2, 0.25) is 0 Å². The maximum atomic E-state index is 12.4. The molecule has 0 saturated heterocycles. The molecule has 2 aromatic carbocycles. The third-order valence-corrected chi connectivity index (χ3v) is 4.01. The van der Waals surface area contributed by atoms with E-state index in [1.54, 1.807) is 25.3 Å². The summed E-state index contributed by atoms with van der Waals surface area (Å²) in [6.45, 7) is 0.551. The van der Waals surface area contributed by atoms with Crippen molar-refractivity contribution in [1.29, 1.82) is 0 Å². The van der Waals surface area contributed by atoms with Gasteiger partial charge in [0.15, 0.2) is 0 Å². The van der Waals surface area contributed by atoms with Crippen molar-refractivity contribution in [3.8, 4) is 11.5 Å². The average Bonchev–Trinajstić information content (AvgIpc) is 3.04. The molecule has 124 valence electrons. The molecule has 0 aliphatic rings. The first kappa shape index (κ1) is 15.9. The monoisotopic (exact) mass is 324 g/mol. The standard InChI is InChI=1S/C19H20N2O3/c1-23-14-7-8-16(18(11-14)24-2)19(22)20-10-9-13-12-21-17-6-4-3-5-15(13)17/h3-8,11-12,21H,9-10H2,1-2H3,(H,20,22). The molecule has 0 saturated carbocycles. The van der Waals surface area contributed by atoms with Crippen molar-refractivity contribution in [3.63, 3.8) is 0 Å². The third-order valence-electron chi connectivity index (χ3n) is 4.01. The number of carbonyl (C=O) groups is 1. The molecular formula is C19H20N2O3. The lowest BCUT2D eigenvalue weighted by atomic mass is 10.1. The Hall–Kier alpha value is -2.95. The lowest BCUT2D eigenvalue weighted by molar-refractivity contribution is 0.0951. The molecule has 3 aromatic rings. The fourth-order valence-electron chi connectivity index (χ4n) is 2.73. The van der Waals surface area contributed by atoms with E-state index in [0.717, 1.165) is 11.9 Å². The molecule has 5 nitrogen and oxygen atoms in total. The number of hydrogen-bond acceptors (Lipinski definition) is 3. The van der Waals surface area contributed by atoms with Crippen LogP contribution in [0.25, 0.3) is 10.9 Å². The summed E-state index contributed by atoms with van der Waals surface area (Å²) in [4.78, 5) is 15.6. The highest BCUT2D eigenvalue weighted by atomic mass is 16.5. The number of amides is 1. The summed E-state index contributed by atoms with van der Waals surface area (Å²) < 4.78 is 10.4. The Bertz CT molecular complexity index is 855.